The summed E-state index contributed by atoms with van der Waals surface area (Å²) in [6, 6.07) is 5.46. The summed E-state index contributed by atoms with van der Waals surface area (Å²) in [5.41, 5.74) is -4.49. The second-order valence-corrected chi connectivity index (χ2v) is 7.94. The Morgan fingerprint density at radius 2 is 1.60 bits per heavy atom. The Morgan fingerprint density at radius 1 is 1.00 bits per heavy atom. The van der Waals surface area contributed by atoms with Gasteiger partial charge in [0.15, 0.2) is 12.2 Å². The molecule has 0 bridgehead atoms. The molecule has 1 N–H and O–H groups in total. The van der Waals surface area contributed by atoms with Gasteiger partial charge in [0.25, 0.3) is 5.89 Å². The van der Waals surface area contributed by atoms with E-state index in [1.807, 2.05) is 0 Å². The van der Waals surface area contributed by atoms with Gasteiger partial charge in [-0.05, 0) is 62.7 Å². The van der Waals surface area contributed by atoms with Crippen LogP contribution in [0.15, 0.2) is 40.9 Å². The van der Waals surface area contributed by atoms with E-state index in [4.69, 9.17) is 19.1 Å². The number of aromatic nitrogens is 2. The first-order valence-electron chi connectivity index (χ1n) is 9.84. The molecule has 3 aromatic rings. The van der Waals surface area contributed by atoms with Crippen molar-refractivity contribution in [3.05, 3.63) is 58.9 Å². The Morgan fingerprint density at radius 3 is 2.11 bits per heavy atom. The highest BCUT2D eigenvalue weighted by Gasteiger charge is 2.37. The fourth-order valence-corrected chi connectivity index (χ4v) is 2.80. The number of carbonyl (C=O) groups is 1. The minimum Gasteiger partial charge on any atom is -0.485 e. The number of carboxylic acids is 1. The van der Waals surface area contributed by atoms with Gasteiger partial charge < -0.3 is 19.1 Å². The van der Waals surface area contributed by atoms with Crippen molar-refractivity contribution >= 4 is 5.97 Å². The Kier molecular flexibility index (Phi) is 6.73. The largest absolute Gasteiger partial charge is 0.485 e. The minimum atomic E-state index is -5.02. The number of hydrogen-bond acceptors (Lipinski definition) is 6. The van der Waals surface area contributed by atoms with Crippen molar-refractivity contribution in [1.82, 2.24) is 10.1 Å². The van der Waals surface area contributed by atoms with Gasteiger partial charge in [-0.25, -0.2) is 4.79 Å². The number of carboxylic acid groups (broad SMARTS) is 1. The van der Waals surface area contributed by atoms with Crippen molar-refractivity contribution in [2.75, 3.05) is 0 Å². The van der Waals surface area contributed by atoms with Crippen molar-refractivity contribution in [3.63, 3.8) is 0 Å². The summed E-state index contributed by atoms with van der Waals surface area (Å²) in [5.74, 6) is -1.23. The molecule has 0 amide bonds. The number of ether oxygens (including phenoxy) is 2. The van der Waals surface area contributed by atoms with Crippen LogP contribution < -0.4 is 9.47 Å². The standard InChI is InChI=1S/C22H18F6N2O5/c1-11-6-15(4-5-16(11)34-20(2,3)19(31)32)33-10-17-29-18(35-30-17)12-7-13(21(23,24)25)9-14(8-12)22(26,27)28/h4-9H,10H2,1-3H3,(H,31,32). The highest BCUT2D eigenvalue weighted by molar-refractivity contribution is 5.76. The molecule has 1 heterocycles. The first-order valence-corrected chi connectivity index (χ1v) is 9.84. The molecule has 0 atom stereocenters. The first-order chi connectivity index (χ1) is 16.1. The van der Waals surface area contributed by atoms with Crippen molar-refractivity contribution in [2.24, 2.45) is 0 Å². The number of alkyl halides is 6. The fourth-order valence-electron chi connectivity index (χ4n) is 2.80. The van der Waals surface area contributed by atoms with Crippen LogP contribution >= 0.6 is 0 Å². The zero-order chi connectivity index (χ0) is 26.2. The third-order valence-electron chi connectivity index (χ3n) is 4.70. The molecule has 188 valence electrons. The molecule has 3 rings (SSSR count). The van der Waals surface area contributed by atoms with Gasteiger partial charge >= 0.3 is 18.3 Å². The van der Waals surface area contributed by atoms with Crippen LogP contribution in [0, 0.1) is 6.92 Å². The summed E-state index contributed by atoms with van der Waals surface area (Å²) in [5, 5.41) is 12.7. The van der Waals surface area contributed by atoms with E-state index < -0.39 is 46.5 Å². The van der Waals surface area contributed by atoms with E-state index in [0.29, 0.717) is 29.2 Å². The van der Waals surface area contributed by atoms with Crippen LogP contribution in [0.4, 0.5) is 26.3 Å². The van der Waals surface area contributed by atoms with E-state index in [1.165, 1.54) is 32.0 Å². The van der Waals surface area contributed by atoms with E-state index in [2.05, 4.69) is 10.1 Å². The molecular formula is C22H18F6N2O5. The Bertz CT molecular complexity index is 1200. The predicted octanol–water partition coefficient (Wildman–Crippen LogP) is 5.90. The topological polar surface area (TPSA) is 94.7 Å². The quantitative estimate of drug-likeness (QED) is 0.400. The molecular weight excluding hydrogens is 486 g/mol. The molecule has 0 aliphatic carbocycles. The molecule has 0 spiro atoms. The summed E-state index contributed by atoms with van der Waals surface area (Å²) in [7, 11) is 0. The van der Waals surface area contributed by atoms with E-state index >= 15 is 0 Å². The van der Waals surface area contributed by atoms with Gasteiger partial charge in [-0.3, -0.25) is 0 Å². The molecule has 0 saturated heterocycles. The Hall–Kier alpha value is -3.77. The lowest BCUT2D eigenvalue weighted by atomic mass is 10.0. The second kappa shape index (κ2) is 9.12. The van der Waals surface area contributed by atoms with E-state index in [0.717, 1.165) is 0 Å². The van der Waals surface area contributed by atoms with Crippen molar-refractivity contribution in [1.29, 1.82) is 0 Å². The maximum atomic E-state index is 13.1. The highest BCUT2D eigenvalue weighted by atomic mass is 19.4. The van der Waals surface area contributed by atoms with E-state index in [-0.39, 0.29) is 18.5 Å². The lowest BCUT2D eigenvalue weighted by Gasteiger charge is -2.23. The third-order valence-corrected chi connectivity index (χ3v) is 4.70. The van der Waals surface area contributed by atoms with Gasteiger partial charge in [-0.1, -0.05) is 5.16 Å². The van der Waals surface area contributed by atoms with Crippen molar-refractivity contribution in [2.45, 2.75) is 45.3 Å². The van der Waals surface area contributed by atoms with Crippen LogP contribution in [0.2, 0.25) is 0 Å². The molecule has 0 unspecified atom stereocenters. The summed E-state index contributed by atoms with van der Waals surface area (Å²) in [4.78, 5) is 15.0. The molecule has 0 fully saturated rings. The summed E-state index contributed by atoms with van der Waals surface area (Å²) >= 11 is 0. The van der Waals surface area contributed by atoms with Crippen LogP contribution in [-0.2, 0) is 23.8 Å². The van der Waals surface area contributed by atoms with Crippen molar-refractivity contribution < 1.29 is 50.2 Å². The zero-order valence-electron chi connectivity index (χ0n) is 18.4. The SMILES string of the molecule is Cc1cc(OCc2noc(-c3cc(C(F)(F)F)cc(C(F)(F)F)c3)n2)ccc1OC(C)(C)C(=O)O. The lowest BCUT2D eigenvalue weighted by Crippen LogP contribution is -2.38. The Balaban J connectivity index is 1.77. The molecule has 35 heavy (non-hydrogen) atoms. The lowest BCUT2D eigenvalue weighted by molar-refractivity contribution is -0.152. The molecule has 0 radical (unpaired) electrons. The van der Waals surface area contributed by atoms with Crippen LogP contribution in [0.1, 0.15) is 36.4 Å². The fraction of sp³-hybridized carbons (Fsp3) is 0.318. The number of halogens is 6. The van der Waals surface area contributed by atoms with Gasteiger partial charge in [0.2, 0.25) is 5.82 Å². The van der Waals surface area contributed by atoms with Gasteiger partial charge in [-0.15, -0.1) is 0 Å². The summed E-state index contributed by atoms with van der Waals surface area (Å²) in [6.45, 7) is 4.11. The minimum absolute atomic E-state index is 0.00279. The van der Waals surface area contributed by atoms with Crippen molar-refractivity contribution in [3.8, 4) is 23.0 Å². The molecule has 0 saturated carbocycles. The molecule has 0 aliphatic rings. The number of benzene rings is 2. The monoisotopic (exact) mass is 504 g/mol. The number of aliphatic carboxylic acids is 1. The number of rotatable bonds is 7. The maximum Gasteiger partial charge on any atom is 0.416 e. The number of nitrogens with zero attached hydrogens (tertiary/aromatic N) is 2. The molecule has 7 nitrogen and oxygen atoms in total. The number of hydrogen-bond donors (Lipinski definition) is 1. The smallest absolute Gasteiger partial charge is 0.416 e. The Labute approximate surface area is 194 Å². The third kappa shape index (κ3) is 6.22. The second-order valence-electron chi connectivity index (χ2n) is 7.94. The van der Waals surface area contributed by atoms with Gasteiger partial charge in [0, 0.05) is 5.56 Å². The van der Waals surface area contributed by atoms with E-state index in [9.17, 15) is 31.1 Å². The van der Waals surface area contributed by atoms with Gasteiger partial charge in [0.05, 0.1) is 11.1 Å². The maximum absolute atomic E-state index is 13.1. The number of aryl methyl sites for hydroxylation is 1. The average Bonchev–Trinajstić information content (AvgIpc) is 3.21. The van der Waals surface area contributed by atoms with Crippen LogP contribution in [-0.4, -0.2) is 26.8 Å². The molecule has 13 heteroatoms. The average molecular weight is 504 g/mol. The highest BCUT2D eigenvalue weighted by Crippen LogP contribution is 2.38. The van der Waals surface area contributed by atoms with Crippen LogP contribution in [0.5, 0.6) is 11.5 Å². The predicted molar refractivity (Wildman–Crippen MR) is 108 cm³/mol. The summed E-state index contributed by atoms with van der Waals surface area (Å²) < 4.78 is 94.2. The van der Waals surface area contributed by atoms with E-state index in [1.54, 1.807) is 6.92 Å². The normalized spacial score (nSPS) is 12.5. The molecule has 2 aromatic carbocycles. The van der Waals surface area contributed by atoms with Crippen LogP contribution in [0.25, 0.3) is 11.5 Å². The summed E-state index contributed by atoms with van der Waals surface area (Å²) in [6.07, 6.45) is -10.0. The van der Waals surface area contributed by atoms with Crippen LogP contribution in [0.3, 0.4) is 0 Å². The molecule has 1 aromatic heterocycles. The zero-order valence-corrected chi connectivity index (χ0v) is 18.4. The van der Waals surface area contributed by atoms with Gasteiger partial charge in [-0.2, -0.15) is 31.3 Å². The molecule has 0 aliphatic heterocycles. The first kappa shape index (κ1) is 25.8. The van der Waals surface area contributed by atoms with Gasteiger partial charge in [0.1, 0.15) is 11.5 Å².